The van der Waals surface area contributed by atoms with Crippen LogP contribution >= 0.6 is 0 Å². The number of methoxy groups -OCH3 is 1. The number of hydrogen-bond donors (Lipinski definition) is 1. The van der Waals surface area contributed by atoms with E-state index in [1.165, 1.54) is 7.11 Å². The Morgan fingerprint density at radius 3 is 2.59 bits per heavy atom. The van der Waals surface area contributed by atoms with Crippen molar-refractivity contribution in [3.05, 3.63) is 0 Å². The molecule has 0 bridgehead atoms. The molecule has 0 radical (unpaired) electrons. The van der Waals surface area contributed by atoms with E-state index in [2.05, 4.69) is 6.92 Å². The molecule has 102 valence electrons. The first-order chi connectivity index (χ1) is 8.05. The molecule has 0 heterocycles. The van der Waals surface area contributed by atoms with Crippen LogP contribution in [-0.4, -0.2) is 39.7 Å². The zero-order valence-electron chi connectivity index (χ0n) is 10.9. The second kappa shape index (κ2) is 6.71. The predicted octanol–water partition coefficient (Wildman–Crippen LogP) is 1.20. The molecule has 1 saturated carbocycles. The van der Waals surface area contributed by atoms with Crippen LogP contribution in [0.4, 0.5) is 0 Å². The topological polar surface area (TPSA) is 69.4 Å². The smallest absolute Gasteiger partial charge is 0.155 e. The predicted molar refractivity (Wildman–Crippen MR) is 69.6 cm³/mol. The van der Waals surface area contributed by atoms with Gasteiger partial charge in [0.1, 0.15) is 0 Å². The molecule has 1 rings (SSSR count). The van der Waals surface area contributed by atoms with E-state index in [1.54, 1.807) is 0 Å². The molecule has 2 N–H and O–H groups in total. The summed E-state index contributed by atoms with van der Waals surface area (Å²) in [5.41, 5.74) is 5.71. The summed E-state index contributed by atoms with van der Waals surface area (Å²) in [6.07, 6.45) is 3.92. The Bertz CT molecular complexity index is 316. The van der Waals surface area contributed by atoms with Gasteiger partial charge in [-0.2, -0.15) is 0 Å². The van der Waals surface area contributed by atoms with Crippen LogP contribution in [0.5, 0.6) is 0 Å². The van der Waals surface area contributed by atoms with E-state index < -0.39 is 9.84 Å². The molecule has 4 nitrogen and oxygen atoms in total. The van der Waals surface area contributed by atoms with E-state index in [9.17, 15) is 8.42 Å². The number of nitrogens with two attached hydrogens (primary N) is 1. The molecule has 0 aromatic rings. The third-order valence-corrected chi connectivity index (χ3v) is 6.19. The summed E-state index contributed by atoms with van der Waals surface area (Å²) in [4.78, 5) is 0. The van der Waals surface area contributed by atoms with Crippen molar-refractivity contribution < 1.29 is 13.2 Å². The molecule has 1 fully saturated rings. The molecule has 0 saturated heterocycles. The normalized spacial score (nSPS) is 30.4. The lowest BCUT2D eigenvalue weighted by atomic mass is 9.80. The fourth-order valence-corrected chi connectivity index (χ4v) is 4.81. The van der Waals surface area contributed by atoms with Gasteiger partial charge in [0, 0.05) is 7.11 Å². The average Bonchev–Trinajstić information content (AvgIpc) is 2.35. The minimum Gasteiger partial charge on any atom is -0.384 e. The highest BCUT2D eigenvalue weighted by Crippen LogP contribution is 2.34. The Morgan fingerprint density at radius 2 is 2.06 bits per heavy atom. The van der Waals surface area contributed by atoms with Crippen molar-refractivity contribution in [2.45, 2.75) is 37.9 Å². The monoisotopic (exact) mass is 263 g/mol. The van der Waals surface area contributed by atoms with Crippen LogP contribution in [0.3, 0.4) is 0 Å². The van der Waals surface area contributed by atoms with Gasteiger partial charge >= 0.3 is 0 Å². The third-order valence-electron chi connectivity index (χ3n) is 3.95. The highest BCUT2D eigenvalue weighted by Gasteiger charge is 2.37. The van der Waals surface area contributed by atoms with Gasteiger partial charge in [0.2, 0.25) is 0 Å². The highest BCUT2D eigenvalue weighted by molar-refractivity contribution is 7.92. The lowest BCUT2D eigenvalue weighted by Crippen LogP contribution is -2.41. The lowest BCUT2D eigenvalue weighted by Gasteiger charge is -2.34. The van der Waals surface area contributed by atoms with Gasteiger partial charge in [0.25, 0.3) is 0 Å². The SMILES string of the molecule is CCC1CCC(CN)C(S(=O)(=O)CCOC)C1. The number of sulfone groups is 1. The largest absolute Gasteiger partial charge is 0.384 e. The molecule has 3 atom stereocenters. The Kier molecular flexibility index (Phi) is 5.89. The molecule has 0 amide bonds. The van der Waals surface area contributed by atoms with Crippen molar-refractivity contribution in [1.82, 2.24) is 0 Å². The average molecular weight is 263 g/mol. The first-order valence-electron chi connectivity index (χ1n) is 6.45. The van der Waals surface area contributed by atoms with Crippen molar-refractivity contribution in [3.8, 4) is 0 Å². The highest BCUT2D eigenvalue weighted by atomic mass is 32.2. The van der Waals surface area contributed by atoms with Gasteiger partial charge in [0.05, 0.1) is 17.6 Å². The lowest BCUT2D eigenvalue weighted by molar-refractivity contribution is 0.215. The van der Waals surface area contributed by atoms with Crippen LogP contribution in [0.1, 0.15) is 32.6 Å². The van der Waals surface area contributed by atoms with E-state index in [4.69, 9.17) is 10.5 Å². The van der Waals surface area contributed by atoms with Crippen molar-refractivity contribution in [3.63, 3.8) is 0 Å². The summed E-state index contributed by atoms with van der Waals surface area (Å²) in [7, 11) is -1.52. The van der Waals surface area contributed by atoms with Crippen molar-refractivity contribution in [2.24, 2.45) is 17.6 Å². The van der Waals surface area contributed by atoms with Gasteiger partial charge < -0.3 is 10.5 Å². The van der Waals surface area contributed by atoms with E-state index in [0.717, 1.165) is 25.7 Å². The van der Waals surface area contributed by atoms with Crippen molar-refractivity contribution in [1.29, 1.82) is 0 Å². The van der Waals surface area contributed by atoms with Gasteiger partial charge in [-0.25, -0.2) is 8.42 Å². The quantitative estimate of drug-likeness (QED) is 0.782. The van der Waals surface area contributed by atoms with E-state index in [1.807, 2.05) is 0 Å². The molecule has 0 aromatic heterocycles. The summed E-state index contributed by atoms with van der Waals surface area (Å²) >= 11 is 0. The first-order valence-corrected chi connectivity index (χ1v) is 8.17. The molecule has 17 heavy (non-hydrogen) atoms. The van der Waals surface area contributed by atoms with E-state index >= 15 is 0 Å². The molecule has 1 aliphatic rings. The van der Waals surface area contributed by atoms with Crippen molar-refractivity contribution in [2.75, 3.05) is 26.0 Å². The van der Waals surface area contributed by atoms with E-state index in [0.29, 0.717) is 12.5 Å². The maximum absolute atomic E-state index is 12.2. The summed E-state index contributed by atoms with van der Waals surface area (Å²) in [6, 6.07) is 0. The zero-order chi connectivity index (χ0) is 12.9. The fourth-order valence-electron chi connectivity index (χ4n) is 2.71. The van der Waals surface area contributed by atoms with Gasteiger partial charge in [-0.15, -0.1) is 0 Å². The molecule has 5 heteroatoms. The second-order valence-electron chi connectivity index (χ2n) is 4.98. The molecule has 3 unspecified atom stereocenters. The van der Waals surface area contributed by atoms with Gasteiger partial charge in [0.15, 0.2) is 9.84 Å². The van der Waals surface area contributed by atoms with Crippen molar-refractivity contribution >= 4 is 9.84 Å². The summed E-state index contributed by atoms with van der Waals surface area (Å²) in [5, 5.41) is -0.249. The third kappa shape index (κ3) is 3.93. The minimum atomic E-state index is -3.05. The van der Waals surface area contributed by atoms with Crippen LogP contribution in [0.2, 0.25) is 0 Å². The summed E-state index contributed by atoms with van der Waals surface area (Å²) in [6.45, 7) is 2.90. The van der Waals surface area contributed by atoms with Crippen LogP contribution in [0.25, 0.3) is 0 Å². The first kappa shape index (κ1) is 14.9. The molecule has 0 aromatic carbocycles. The minimum absolute atomic E-state index is 0.126. The number of ether oxygens (including phenoxy) is 1. The van der Waals surface area contributed by atoms with Gasteiger partial charge in [-0.05, 0) is 31.2 Å². The maximum atomic E-state index is 12.2. The Morgan fingerprint density at radius 1 is 1.35 bits per heavy atom. The van der Waals surface area contributed by atoms with Crippen LogP contribution in [0, 0.1) is 11.8 Å². The van der Waals surface area contributed by atoms with Crippen LogP contribution < -0.4 is 5.73 Å². The molecular weight excluding hydrogens is 238 g/mol. The standard InChI is InChI=1S/C12H25NO3S/c1-3-10-4-5-11(9-13)12(8-10)17(14,15)7-6-16-2/h10-12H,3-9,13H2,1-2H3. The summed E-state index contributed by atoms with van der Waals surface area (Å²) < 4.78 is 29.4. The Labute approximate surface area is 105 Å². The van der Waals surface area contributed by atoms with E-state index in [-0.39, 0.29) is 23.5 Å². The maximum Gasteiger partial charge on any atom is 0.155 e. The molecule has 1 aliphatic carbocycles. The molecule has 0 spiro atoms. The Balaban J connectivity index is 2.74. The Hall–Kier alpha value is -0.130. The number of hydrogen-bond acceptors (Lipinski definition) is 4. The second-order valence-corrected chi connectivity index (χ2v) is 7.32. The van der Waals surface area contributed by atoms with Crippen LogP contribution in [-0.2, 0) is 14.6 Å². The molecular formula is C12H25NO3S. The molecule has 0 aliphatic heterocycles. The van der Waals surface area contributed by atoms with Gasteiger partial charge in [-0.1, -0.05) is 19.8 Å². The fraction of sp³-hybridized carbons (Fsp3) is 1.00. The number of rotatable bonds is 6. The van der Waals surface area contributed by atoms with Crippen LogP contribution in [0.15, 0.2) is 0 Å². The zero-order valence-corrected chi connectivity index (χ0v) is 11.7. The van der Waals surface area contributed by atoms with Gasteiger partial charge in [-0.3, -0.25) is 0 Å². The summed E-state index contributed by atoms with van der Waals surface area (Å²) in [5.74, 6) is 0.806.